The fourth-order valence-electron chi connectivity index (χ4n) is 6.13. The first-order valence-corrected chi connectivity index (χ1v) is 11.3. The molecule has 0 aromatic heterocycles. The first-order chi connectivity index (χ1) is 14.1. The van der Waals surface area contributed by atoms with E-state index in [0.29, 0.717) is 18.8 Å². The van der Waals surface area contributed by atoms with Crippen molar-refractivity contribution >= 4 is 11.7 Å². The maximum absolute atomic E-state index is 14.0. The van der Waals surface area contributed by atoms with E-state index in [-0.39, 0.29) is 35.5 Å². The molecule has 6 nitrogen and oxygen atoms in total. The zero-order valence-corrected chi connectivity index (χ0v) is 18.6. The number of ketones is 1. The first-order valence-electron chi connectivity index (χ1n) is 11.3. The molecule has 0 bridgehead atoms. The summed E-state index contributed by atoms with van der Waals surface area (Å²) in [5.74, 6) is -0.485. The Hall–Kier alpha value is -1.50. The third-order valence-electron chi connectivity index (χ3n) is 7.82. The maximum atomic E-state index is 14.0. The van der Waals surface area contributed by atoms with Gasteiger partial charge in [0.15, 0.2) is 5.78 Å². The number of rotatable bonds is 2. The van der Waals surface area contributed by atoms with E-state index in [0.717, 1.165) is 12.0 Å². The zero-order chi connectivity index (χ0) is 22.0. The first kappa shape index (κ1) is 21.7. The maximum Gasteiger partial charge on any atom is 0.235 e. The Morgan fingerprint density at radius 3 is 2.60 bits per heavy atom. The summed E-state index contributed by atoms with van der Waals surface area (Å²) in [7, 11) is 0. The van der Waals surface area contributed by atoms with Gasteiger partial charge < -0.3 is 20.3 Å². The van der Waals surface area contributed by atoms with Gasteiger partial charge in [-0.2, -0.15) is 0 Å². The molecule has 9 atom stereocenters. The number of aliphatic hydroxyl groups is 2. The van der Waals surface area contributed by atoms with E-state index in [1.165, 1.54) is 5.57 Å². The number of allylic oxidation sites excluding steroid dienone is 4. The summed E-state index contributed by atoms with van der Waals surface area (Å²) in [6.45, 7) is 10.4. The van der Waals surface area contributed by atoms with Gasteiger partial charge in [-0.25, -0.2) is 0 Å². The van der Waals surface area contributed by atoms with Gasteiger partial charge in [0.2, 0.25) is 5.91 Å². The van der Waals surface area contributed by atoms with Gasteiger partial charge in [-0.3, -0.25) is 9.59 Å². The van der Waals surface area contributed by atoms with Crippen molar-refractivity contribution in [2.75, 3.05) is 0 Å². The predicted octanol–water partition coefficient (Wildman–Crippen LogP) is 2.14. The van der Waals surface area contributed by atoms with Gasteiger partial charge in [0.1, 0.15) is 23.7 Å². The molecule has 2 fully saturated rings. The van der Waals surface area contributed by atoms with E-state index in [1.807, 2.05) is 13.0 Å². The Kier molecular flexibility index (Phi) is 5.48. The van der Waals surface area contributed by atoms with E-state index in [4.69, 9.17) is 4.74 Å². The topological polar surface area (TPSA) is 99.2 Å². The van der Waals surface area contributed by atoms with E-state index in [9.17, 15) is 19.8 Å². The molecule has 1 spiro atoms. The van der Waals surface area contributed by atoms with Crippen molar-refractivity contribution in [2.45, 2.75) is 84.3 Å². The fraction of sp³-hybridized carbons (Fsp3) is 0.750. The fourth-order valence-corrected chi connectivity index (χ4v) is 6.13. The average molecular weight is 418 g/mol. The molecule has 30 heavy (non-hydrogen) atoms. The molecule has 0 radical (unpaired) electrons. The summed E-state index contributed by atoms with van der Waals surface area (Å²) in [5, 5.41) is 24.0. The SMILES string of the molecule is CC1=C[C@@H]2/C=C(\C)CC[C@@H](O)[C@@H](O)[C@@H]3O[C@H]3C(=O)[C@]23C(=O)N[C@@H](CC(C)C)[C@@H]3[C@@H]1C. The summed E-state index contributed by atoms with van der Waals surface area (Å²) < 4.78 is 5.61. The normalized spacial score (nSPS) is 47.9. The van der Waals surface area contributed by atoms with Crippen LogP contribution in [0.15, 0.2) is 23.3 Å². The van der Waals surface area contributed by atoms with E-state index < -0.39 is 29.8 Å². The number of hydrogen-bond donors (Lipinski definition) is 3. The number of carbonyl (C=O) groups is 2. The number of carbonyl (C=O) groups excluding carboxylic acids is 2. The Bertz CT molecular complexity index is 801. The van der Waals surface area contributed by atoms with Crippen LogP contribution in [0.2, 0.25) is 0 Å². The average Bonchev–Trinajstić information content (AvgIpc) is 3.41. The molecule has 1 amide bonds. The van der Waals surface area contributed by atoms with E-state index >= 15 is 0 Å². The summed E-state index contributed by atoms with van der Waals surface area (Å²) in [5.41, 5.74) is 0.993. The number of epoxide rings is 1. The van der Waals surface area contributed by atoms with Gasteiger partial charge >= 0.3 is 0 Å². The van der Waals surface area contributed by atoms with Crippen LogP contribution in [0.25, 0.3) is 0 Å². The van der Waals surface area contributed by atoms with Crippen LogP contribution in [0.5, 0.6) is 0 Å². The van der Waals surface area contributed by atoms with Gasteiger partial charge in [0.05, 0.1) is 6.10 Å². The van der Waals surface area contributed by atoms with Gasteiger partial charge in [0, 0.05) is 17.9 Å². The Labute approximate surface area is 178 Å². The van der Waals surface area contributed by atoms with Crippen molar-refractivity contribution in [2.24, 2.45) is 29.1 Å². The molecule has 0 unspecified atom stereocenters. The number of ether oxygens (including phenoxy) is 1. The van der Waals surface area contributed by atoms with Crippen molar-refractivity contribution in [3.8, 4) is 0 Å². The van der Waals surface area contributed by atoms with Crippen LogP contribution >= 0.6 is 0 Å². The van der Waals surface area contributed by atoms with Crippen LogP contribution < -0.4 is 5.32 Å². The second-order valence-electron chi connectivity index (χ2n) is 10.3. The summed E-state index contributed by atoms with van der Waals surface area (Å²) in [4.78, 5) is 27.6. The highest BCUT2D eigenvalue weighted by atomic mass is 16.6. The van der Waals surface area contributed by atoms with Crippen LogP contribution in [0.4, 0.5) is 0 Å². The van der Waals surface area contributed by atoms with Gasteiger partial charge in [-0.05, 0) is 44.9 Å². The number of aliphatic hydroxyl groups excluding tert-OH is 2. The Morgan fingerprint density at radius 1 is 1.23 bits per heavy atom. The number of fused-ring (bicyclic) bond motifs is 1. The predicted molar refractivity (Wildman–Crippen MR) is 112 cm³/mol. The van der Waals surface area contributed by atoms with Crippen LogP contribution in [-0.4, -0.2) is 52.4 Å². The molecule has 6 heteroatoms. The summed E-state index contributed by atoms with van der Waals surface area (Å²) in [6, 6.07) is -0.0749. The quantitative estimate of drug-likeness (QED) is 0.363. The van der Waals surface area contributed by atoms with E-state index in [1.54, 1.807) is 0 Å². The largest absolute Gasteiger partial charge is 0.390 e. The molecule has 2 aliphatic carbocycles. The van der Waals surface area contributed by atoms with Crippen molar-refractivity contribution in [1.29, 1.82) is 0 Å². The smallest absolute Gasteiger partial charge is 0.235 e. The highest BCUT2D eigenvalue weighted by Gasteiger charge is 2.70. The number of hydrogen-bond acceptors (Lipinski definition) is 5. The minimum atomic E-state index is -1.23. The van der Waals surface area contributed by atoms with Crippen LogP contribution in [0, 0.1) is 29.1 Å². The number of Topliss-reactive ketones (excluding diaryl/α,β-unsaturated/α-hetero) is 1. The number of nitrogens with one attached hydrogen (secondary N) is 1. The Balaban J connectivity index is 1.87. The lowest BCUT2D eigenvalue weighted by atomic mass is 9.54. The van der Waals surface area contributed by atoms with Crippen molar-refractivity contribution < 1.29 is 24.5 Å². The third kappa shape index (κ3) is 3.19. The lowest BCUT2D eigenvalue weighted by Gasteiger charge is -2.44. The highest BCUT2D eigenvalue weighted by molar-refractivity contribution is 6.12. The monoisotopic (exact) mass is 417 g/mol. The Morgan fingerprint density at radius 2 is 1.93 bits per heavy atom. The van der Waals surface area contributed by atoms with Crippen molar-refractivity contribution in [3.05, 3.63) is 23.3 Å². The second-order valence-corrected chi connectivity index (χ2v) is 10.3. The molecule has 0 aromatic carbocycles. The molecule has 0 aromatic rings. The van der Waals surface area contributed by atoms with Gasteiger partial charge in [-0.1, -0.05) is 44.1 Å². The van der Waals surface area contributed by atoms with Gasteiger partial charge in [0.25, 0.3) is 0 Å². The van der Waals surface area contributed by atoms with Crippen molar-refractivity contribution in [3.63, 3.8) is 0 Å². The van der Waals surface area contributed by atoms with Crippen LogP contribution in [-0.2, 0) is 14.3 Å². The summed E-state index contributed by atoms with van der Waals surface area (Å²) >= 11 is 0. The molecule has 0 saturated carbocycles. The molecule has 166 valence electrons. The lowest BCUT2D eigenvalue weighted by molar-refractivity contribution is -0.146. The minimum absolute atomic E-state index is 0.0749. The van der Waals surface area contributed by atoms with E-state index in [2.05, 4.69) is 39.1 Å². The van der Waals surface area contributed by atoms with Gasteiger partial charge in [-0.15, -0.1) is 0 Å². The number of amides is 1. The molecule has 2 aliphatic heterocycles. The molecule has 4 rings (SSSR count). The summed E-state index contributed by atoms with van der Waals surface area (Å²) in [6.07, 6.45) is 2.29. The van der Waals surface area contributed by atoms with Crippen molar-refractivity contribution in [1.82, 2.24) is 5.32 Å². The molecule has 4 aliphatic rings. The molecule has 3 N–H and O–H groups in total. The second kappa shape index (κ2) is 7.57. The minimum Gasteiger partial charge on any atom is -0.390 e. The van der Waals surface area contributed by atoms with Crippen LogP contribution in [0.3, 0.4) is 0 Å². The molecular weight excluding hydrogens is 382 g/mol. The molecule has 2 heterocycles. The lowest BCUT2D eigenvalue weighted by Crippen LogP contribution is -2.54. The standard InChI is InChI=1S/C24H35NO5/c1-11(2)8-16-18-14(5)13(4)10-15-9-12(3)6-7-17(26)19(27)20-21(30-20)22(28)24(15,18)23(29)25-16/h9-11,14-21,26-27H,6-8H2,1-5H3,(H,25,29)/b12-9+/t14-,15+,16+,17-,18+,19-,20+,21-,24+/m1/s1. The van der Waals surface area contributed by atoms with Crippen LogP contribution in [0.1, 0.15) is 53.9 Å². The highest BCUT2D eigenvalue weighted by Crippen LogP contribution is 2.57. The molecule has 2 saturated heterocycles. The molecular formula is C24H35NO5. The third-order valence-corrected chi connectivity index (χ3v) is 7.82. The zero-order valence-electron chi connectivity index (χ0n) is 18.6.